The second kappa shape index (κ2) is 7.01. The van der Waals surface area contributed by atoms with E-state index in [4.69, 9.17) is 24.0 Å². The van der Waals surface area contributed by atoms with Crippen LogP contribution in [0, 0.1) is 0 Å². The molecule has 0 aromatic heterocycles. The largest absolute Gasteiger partial charge is 2.00 e. The molecule has 0 fully saturated rings. The summed E-state index contributed by atoms with van der Waals surface area (Å²) in [5, 5.41) is 0. The number of primary amides is 2. The Labute approximate surface area is 67.1 Å². The van der Waals surface area contributed by atoms with Gasteiger partial charge < -0.3 is 30.7 Å². The molecule has 0 aliphatic carbocycles. The molecular weight excluding hydrogens is 207 g/mol. The molecule has 0 bridgehead atoms. The van der Waals surface area contributed by atoms with Crippen molar-refractivity contribution in [2.75, 3.05) is 0 Å². The first-order chi connectivity index (χ1) is 3.73. The van der Waals surface area contributed by atoms with Gasteiger partial charge in [-0.05, 0) is 0 Å². The summed E-state index contributed by atoms with van der Waals surface area (Å²) in [6.45, 7) is 0. The first-order valence-corrected chi connectivity index (χ1v) is 3.02. The number of urea groups is 1. The molecule has 7 nitrogen and oxygen atoms in total. The summed E-state index contributed by atoms with van der Waals surface area (Å²) in [4.78, 5) is 33.3. The quantitative estimate of drug-likeness (QED) is 0.285. The Kier molecular flexibility index (Phi) is 11.5. The minimum Gasteiger partial charge on any atom is -0.790 e. The normalized spacial score (nSPS) is 8.30. The van der Waals surface area contributed by atoms with Gasteiger partial charge in [0.1, 0.15) is 0 Å². The van der Waals surface area contributed by atoms with Crippen molar-refractivity contribution in [2.45, 2.75) is 0 Å². The Balaban J connectivity index is -0.0000000910. The smallest absolute Gasteiger partial charge is 0.790 e. The maximum Gasteiger partial charge on any atom is 2.00 e. The van der Waals surface area contributed by atoms with Crippen molar-refractivity contribution in [1.82, 2.24) is 0 Å². The molecule has 0 aliphatic rings. The van der Waals surface area contributed by atoms with Crippen LogP contribution in [0.15, 0.2) is 0 Å². The predicted molar refractivity (Wildman–Crippen MR) is 23.6 cm³/mol. The van der Waals surface area contributed by atoms with E-state index in [1.807, 2.05) is 0 Å². The summed E-state index contributed by atoms with van der Waals surface area (Å²) in [6, 6.07) is -0.833. The maximum absolute atomic E-state index is 9.00. The molecule has 0 spiro atoms. The average Bonchev–Trinajstić information content (AvgIpc) is 1.19. The van der Waals surface area contributed by atoms with Crippen molar-refractivity contribution in [3.63, 3.8) is 0 Å². The van der Waals surface area contributed by atoms with E-state index in [9.17, 15) is 0 Å². The fraction of sp³-hybridized carbons (Fsp3) is 0. The van der Waals surface area contributed by atoms with Gasteiger partial charge in [-0.3, -0.25) is 0 Å². The molecule has 0 radical (unpaired) electrons. The van der Waals surface area contributed by atoms with Crippen LogP contribution in [-0.4, -0.2) is 10.9 Å². The molecule has 0 aromatic rings. The second-order valence-electron chi connectivity index (χ2n) is 0.871. The summed E-state index contributed by atoms with van der Waals surface area (Å²) in [6.07, 6.45) is 0. The Morgan fingerprint density at radius 2 is 1.40 bits per heavy atom. The van der Waals surface area contributed by atoms with Gasteiger partial charge in [-0.15, -0.1) is 0 Å². The zero-order valence-electron chi connectivity index (χ0n) is 4.54. The fourth-order valence-electron chi connectivity index (χ4n) is 0. The van der Waals surface area contributed by atoms with E-state index in [1.165, 1.54) is 0 Å². The number of carbonyl (C=O) groups excluding carboxylic acids is 1. The molecule has 0 aromatic carbocycles. The van der Waals surface area contributed by atoms with E-state index in [1.54, 1.807) is 0 Å². The molecule has 0 rings (SSSR count). The summed E-state index contributed by atoms with van der Waals surface area (Å²) in [7, 11) is -5.14. The van der Waals surface area contributed by atoms with Gasteiger partial charge in [0.15, 0.2) is 0 Å². The van der Waals surface area contributed by atoms with Crippen LogP contribution < -0.4 is 21.3 Å². The van der Waals surface area contributed by atoms with Crippen molar-refractivity contribution in [2.24, 2.45) is 11.5 Å². The zero-order chi connectivity index (χ0) is 8.08. The van der Waals surface area contributed by atoms with Gasteiger partial charge in [-0.25, -0.2) is 4.79 Å². The summed E-state index contributed by atoms with van der Waals surface area (Å²) >= 11 is 0. The molecule has 0 atom stereocenters. The molecule has 0 saturated heterocycles. The average molecular weight is 212 g/mol. The monoisotopic (exact) mass is 212 g/mol. The van der Waals surface area contributed by atoms with Gasteiger partial charge in [0.05, 0.1) is 7.82 Å². The first-order valence-electron chi connectivity index (χ1n) is 1.53. The number of phosphoric acid groups is 1. The number of carbonyl (C=O) groups is 1. The minimum atomic E-state index is -5.14. The molecule has 0 saturated carbocycles. The van der Waals surface area contributed by atoms with Crippen LogP contribution in [0.3, 0.4) is 0 Å². The van der Waals surface area contributed by atoms with E-state index in [-0.39, 0.29) is 17.1 Å². The van der Waals surface area contributed by atoms with Gasteiger partial charge in [-0.2, -0.15) is 0 Å². The van der Waals surface area contributed by atoms with Crippen LogP contribution in [0.25, 0.3) is 0 Å². The van der Waals surface area contributed by atoms with Crippen LogP contribution in [0.5, 0.6) is 0 Å². The van der Waals surface area contributed by atoms with Crippen molar-refractivity contribution in [3.8, 4) is 0 Å². The van der Waals surface area contributed by atoms with Crippen LogP contribution >= 0.6 is 7.82 Å². The third-order valence-electron chi connectivity index (χ3n) is 0. The van der Waals surface area contributed by atoms with Crippen molar-refractivity contribution >= 4 is 13.9 Å². The van der Waals surface area contributed by atoms with Gasteiger partial charge in [0.25, 0.3) is 0 Å². The molecular formula is CH5FeN2O5P. The zero-order valence-corrected chi connectivity index (χ0v) is 6.53. The number of rotatable bonds is 0. The number of nitrogens with two attached hydrogens (primary N) is 2. The molecule has 0 heterocycles. The third kappa shape index (κ3) is 37200. The maximum atomic E-state index is 9.00. The van der Waals surface area contributed by atoms with Gasteiger partial charge in [-0.1, -0.05) is 0 Å². The number of hydrogen-bond donors (Lipinski definition) is 3. The molecule has 0 unspecified atom stereocenters. The molecule has 0 aliphatic heterocycles. The van der Waals surface area contributed by atoms with Crippen molar-refractivity contribution in [3.05, 3.63) is 0 Å². The summed E-state index contributed by atoms with van der Waals surface area (Å²) in [5.41, 5.74) is 8.50. The third-order valence-corrected chi connectivity index (χ3v) is 0. The number of amides is 2. The van der Waals surface area contributed by atoms with Gasteiger partial charge in [0, 0.05) is 0 Å². The molecule has 5 N–H and O–H groups in total. The topological polar surface area (TPSA) is 153 Å². The van der Waals surface area contributed by atoms with E-state index in [2.05, 4.69) is 11.5 Å². The van der Waals surface area contributed by atoms with Crippen molar-refractivity contribution in [1.29, 1.82) is 0 Å². The van der Waals surface area contributed by atoms with Crippen LogP contribution in [0.4, 0.5) is 4.79 Å². The Morgan fingerprint density at radius 3 is 1.40 bits per heavy atom. The molecule has 2 amide bonds. The SMILES string of the molecule is NC(N)=O.O=P([O-])([O-])O.[Fe+2]. The first kappa shape index (κ1) is 16.5. The van der Waals surface area contributed by atoms with Crippen LogP contribution in [0.2, 0.25) is 0 Å². The fourth-order valence-corrected chi connectivity index (χ4v) is 0. The van der Waals surface area contributed by atoms with E-state index < -0.39 is 13.9 Å². The molecule has 62 valence electrons. The second-order valence-corrected chi connectivity index (χ2v) is 1.81. The Bertz CT molecular complexity index is 119. The Morgan fingerprint density at radius 1 is 1.40 bits per heavy atom. The van der Waals surface area contributed by atoms with Crippen molar-refractivity contribution < 1.29 is 41.1 Å². The standard InChI is InChI=1S/CH4N2O.Fe.H3O4P/c2-1(3)4;;1-5(2,3)4/h(H4,2,3,4);;(H3,1,2,3,4)/q;+2;/p-2. The van der Waals surface area contributed by atoms with E-state index in [0.717, 1.165) is 0 Å². The van der Waals surface area contributed by atoms with E-state index in [0.29, 0.717) is 0 Å². The molecule has 10 heavy (non-hydrogen) atoms. The molecule has 9 heteroatoms. The van der Waals surface area contributed by atoms with E-state index >= 15 is 0 Å². The predicted octanol–water partition coefficient (Wildman–Crippen LogP) is -3.17. The Hall–Kier alpha value is -0.101. The summed E-state index contributed by atoms with van der Waals surface area (Å²) in [5.74, 6) is 0. The van der Waals surface area contributed by atoms with Crippen LogP contribution in [-0.2, 0) is 21.6 Å². The summed E-state index contributed by atoms with van der Waals surface area (Å²) < 4.78 is 8.66. The van der Waals surface area contributed by atoms with Gasteiger partial charge in [0.2, 0.25) is 0 Å². The minimum absolute atomic E-state index is 0. The van der Waals surface area contributed by atoms with Crippen LogP contribution in [0.1, 0.15) is 0 Å². The van der Waals surface area contributed by atoms with Gasteiger partial charge >= 0.3 is 23.1 Å². The number of hydrogen-bond acceptors (Lipinski definition) is 4.